The molecule has 6 nitrogen and oxygen atoms in total. The number of amides is 1. The summed E-state index contributed by atoms with van der Waals surface area (Å²) >= 11 is 0. The lowest BCUT2D eigenvalue weighted by Gasteiger charge is -2.32. The van der Waals surface area contributed by atoms with E-state index in [0.717, 1.165) is 0 Å². The molecule has 0 saturated carbocycles. The molecule has 1 aliphatic heterocycles. The number of hydrogen-bond acceptors (Lipinski definition) is 5. The molecule has 0 unspecified atom stereocenters. The fraction of sp³-hybridized carbons (Fsp3) is 0.385. The molecule has 0 N–H and O–H groups in total. The first-order valence-corrected chi connectivity index (χ1v) is 6.15. The number of furan rings is 1. The van der Waals surface area contributed by atoms with E-state index < -0.39 is 0 Å². The molecule has 0 radical (unpaired) electrons. The van der Waals surface area contributed by atoms with E-state index in [1.54, 1.807) is 29.4 Å². The highest BCUT2D eigenvalue weighted by Crippen LogP contribution is 2.21. The topological polar surface area (TPSA) is 68.7 Å². The Kier molecular flexibility index (Phi) is 3.08. The van der Waals surface area contributed by atoms with Crippen LogP contribution in [-0.4, -0.2) is 41.8 Å². The quantitative estimate of drug-likeness (QED) is 0.825. The minimum absolute atomic E-state index is 0.0463. The zero-order chi connectivity index (χ0) is 13.2. The van der Waals surface area contributed by atoms with Gasteiger partial charge in [-0.15, -0.1) is 0 Å². The van der Waals surface area contributed by atoms with Crippen molar-refractivity contribution in [3.8, 4) is 11.5 Å². The first kappa shape index (κ1) is 12.0. The minimum Gasteiger partial charge on any atom is -0.461 e. The SMILES string of the molecule is C[C@H]1COCCN1C(=O)c1cc(-c2ccco2)on1. The van der Waals surface area contributed by atoms with Crippen LogP contribution in [0.3, 0.4) is 0 Å². The third-order valence-electron chi connectivity index (χ3n) is 3.12. The van der Waals surface area contributed by atoms with Gasteiger partial charge in [-0.2, -0.15) is 0 Å². The first-order chi connectivity index (χ1) is 9.25. The summed E-state index contributed by atoms with van der Waals surface area (Å²) in [4.78, 5) is 14.1. The summed E-state index contributed by atoms with van der Waals surface area (Å²) in [6.07, 6.45) is 1.55. The Morgan fingerprint density at radius 1 is 1.47 bits per heavy atom. The van der Waals surface area contributed by atoms with Crippen molar-refractivity contribution < 1.29 is 18.5 Å². The first-order valence-electron chi connectivity index (χ1n) is 6.15. The van der Waals surface area contributed by atoms with Crippen molar-refractivity contribution in [2.75, 3.05) is 19.8 Å². The monoisotopic (exact) mass is 262 g/mol. The molecule has 19 heavy (non-hydrogen) atoms. The van der Waals surface area contributed by atoms with Crippen LogP contribution >= 0.6 is 0 Å². The predicted octanol–water partition coefficient (Wildman–Crippen LogP) is 1.80. The van der Waals surface area contributed by atoms with Gasteiger partial charge in [0.25, 0.3) is 5.91 Å². The van der Waals surface area contributed by atoms with E-state index in [1.165, 1.54) is 0 Å². The van der Waals surface area contributed by atoms with Crippen LogP contribution in [0.4, 0.5) is 0 Å². The van der Waals surface area contributed by atoms with Gasteiger partial charge in [0.15, 0.2) is 11.5 Å². The van der Waals surface area contributed by atoms with Crippen LogP contribution in [0.5, 0.6) is 0 Å². The number of morpholine rings is 1. The standard InChI is InChI=1S/C13H14N2O4/c1-9-8-17-6-4-15(9)13(16)10-7-12(19-14-10)11-3-2-5-18-11/h2-3,5,7,9H,4,6,8H2,1H3/t9-/m0/s1. The second-order valence-electron chi connectivity index (χ2n) is 4.48. The molecule has 3 heterocycles. The fourth-order valence-electron chi connectivity index (χ4n) is 2.09. The maximum atomic E-state index is 12.3. The van der Waals surface area contributed by atoms with E-state index in [1.807, 2.05) is 6.92 Å². The van der Waals surface area contributed by atoms with Gasteiger partial charge in [-0.1, -0.05) is 5.16 Å². The van der Waals surface area contributed by atoms with Crippen molar-refractivity contribution in [2.45, 2.75) is 13.0 Å². The summed E-state index contributed by atoms with van der Waals surface area (Å²) in [6, 6.07) is 5.16. The molecular formula is C13H14N2O4. The zero-order valence-electron chi connectivity index (χ0n) is 10.5. The molecule has 2 aromatic rings. The zero-order valence-corrected chi connectivity index (χ0v) is 10.5. The fourth-order valence-corrected chi connectivity index (χ4v) is 2.09. The van der Waals surface area contributed by atoms with Crippen LogP contribution in [0.25, 0.3) is 11.5 Å². The molecule has 0 aliphatic carbocycles. The lowest BCUT2D eigenvalue weighted by molar-refractivity contribution is 0.00307. The summed E-state index contributed by atoms with van der Waals surface area (Å²) < 4.78 is 15.6. The Labute approximate surface area is 109 Å². The van der Waals surface area contributed by atoms with Crippen molar-refractivity contribution in [1.82, 2.24) is 10.1 Å². The Balaban J connectivity index is 1.80. The van der Waals surface area contributed by atoms with Gasteiger partial charge in [0.1, 0.15) is 0 Å². The largest absolute Gasteiger partial charge is 0.461 e. The third-order valence-corrected chi connectivity index (χ3v) is 3.12. The summed E-state index contributed by atoms with van der Waals surface area (Å²) in [6.45, 7) is 3.63. The Morgan fingerprint density at radius 3 is 3.11 bits per heavy atom. The molecule has 100 valence electrons. The van der Waals surface area contributed by atoms with Crippen LogP contribution in [-0.2, 0) is 4.74 Å². The molecule has 6 heteroatoms. The second-order valence-corrected chi connectivity index (χ2v) is 4.48. The molecule has 1 fully saturated rings. The van der Waals surface area contributed by atoms with E-state index in [-0.39, 0.29) is 11.9 Å². The number of nitrogens with zero attached hydrogens (tertiary/aromatic N) is 2. The molecule has 3 rings (SSSR count). The predicted molar refractivity (Wildman–Crippen MR) is 65.5 cm³/mol. The highest BCUT2D eigenvalue weighted by atomic mass is 16.5. The molecule has 0 bridgehead atoms. The van der Waals surface area contributed by atoms with Gasteiger partial charge >= 0.3 is 0 Å². The number of carbonyl (C=O) groups excluding carboxylic acids is 1. The van der Waals surface area contributed by atoms with Crippen molar-refractivity contribution in [1.29, 1.82) is 0 Å². The number of aromatic nitrogens is 1. The van der Waals surface area contributed by atoms with E-state index in [9.17, 15) is 4.79 Å². The molecule has 2 aromatic heterocycles. The van der Waals surface area contributed by atoms with Gasteiger partial charge in [-0.25, -0.2) is 0 Å². The van der Waals surface area contributed by atoms with Gasteiger partial charge in [-0.05, 0) is 19.1 Å². The average Bonchev–Trinajstić information content (AvgIpc) is 3.09. The third kappa shape index (κ3) is 2.26. The smallest absolute Gasteiger partial charge is 0.276 e. The van der Waals surface area contributed by atoms with Gasteiger partial charge in [0.05, 0.1) is 25.5 Å². The average molecular weight is 262 g/mol. The lowest BCUT2D eigenvalue weighted by Crippen LogP contribution is -2.47. The van der Waals surface area contributed by atoms with Crippen molar-refractivity contribution in [2.24, 2.45) is 0 Å². The number of hydrogen-bond donors (Lipinski definition) is 0. The Morgan fingerprint density at radius 2 is 2.37 bits per heavy atom. The number of rotatable bonds is 2. The van der Waals surface area contributed by atoms with E-state index in [2.05, 4.69) is 5.16 Å². The van der Waals surface area contributed by atoms with Gasteiger partial charge < -0.3 is 18.6 Å². The lowest BCUT2D eigenvalue weighted by atomic mass is 10.2. The maximum absolute atomic E-state index is 12.3. The van der Waals surface area contributed by atoms with Crippen LogP contribution in [0, 0.1) is 0 Å². The molecule has 1 aliphatic rings. The molecule has 0 aromatic carbocycles. The maximum Gasteiger partial charge on any atom is 0.276 e. The summed E-state index contributed by atoms with van der Waals surface area (Å²) in [5.74, 6) is 0.869. The number of ether oxygens (including phenoxy) is 1. The van der Waals surface area contributed by atoms with Gasteiger partial charge in [0.2, 0.25) is 5.76 Å². The molecule has 1 atom stereocenters. The highest BCUT2D eigenvalue weighted by molar-refractivity contribution is 5.93. The summed E-state index contributed by atoms with van der Waals surface area (Å²) in [5, 5.41) is 3.81. The molecular weight excluding hydrogens is 248 g/mol. The normalized spacial score (nSPS) is 19.6. The minimum atomic E-state index is -0.141. The second kappa shape index (κ2) is 4.89. The van der Waals surface area contributed by atoms with Crippen molar-refractivity contribution in [3.05, 3.63) is 30.2 Å². The Hall–Kier alpha value is -2.08. The van der Waals surface area contributed by atoms with Crippen LogP contribution in [0.2, 0.25) is 0 Å². The van der Waals surface area contributed by atoms with Crippen LogP contribution in [0.15, 0.2) is 33.4 Å². The van der Waals surface area contributed by atoms with E-state index in [4.69, 9.17) is 13.7 Å². The van der Waals surface area contributed by atoms with E-state index in [0.29, 0.717) is 37.0 Å². The highest BCUT2D eigenvalue weighted by Gasteiger charge is 2.27. The Bertz CT molecular complexity index is 561. The van der Waals surface area contributed by atoms with Gasteiger partial charge in [0, 0.05) is 12.6 Å². The number of carbonyl (C=O) groups is 1. The summed E-state index contributed by atoms with van der Waals surface area (Å²) in [7, 11) is 0. The van der Waals surface area contributed by atoms with Crippen LogP contribution < -0.4 is 0 Å². The molecule has 1 saturated heterocycles. The van der Waals surface area contributed by atoms with Crippen molar-refractivity contribution in [3.63, 3.8) is 0 Å². The summed E-state index contributed by atoms with van der Waals surface area (Å²) in [5.41, 5.74) is 0.292. The van der Waals surface area contributed by atoms with E-state index >= 15 is 0 Å². The molecule has 0 spiro atoms. The van der Waals surface area contributed by atoms with Crippen LogP contribution in [0.1, 0.15) is 17.4 Å². The van der Waals surface area contributed by atoms with Gasteiger partial charge in [-0.3, -0.25) is 4.79 Å². The van der Waals surface area contributed by atoms with Crippen molar-refractivity contribution >= 4 is 5.91 Å². The molecule has 1 amide bonds.